The van der Waals surface area contributed by atoms with Gasteiger partial charge in [0.25, 0.3) is 10.0 Å². The standard InChI is InChI=1S/C29H36N2O4S/c1-4-5-6-7-8-9-22-35-27-18-14-25(15-19-27)29(24-12-16-26(34-3)17-13-24)30-31-36(32,33)28-20-10-23(2)11-21-28/h10-21,31H,4-9,22H2,1-3H3/b30-29+. The molecule has 3 aromatic rings. The van der Waals surface area contributed by atoms with Crippen molar-refractivity contribution in [2.75, 3.05) is 13.7 Å². The van der Waals surface area contributed by atoms with Gasteiger partial charge in [-0.1, -0.05) is 56.7 Å². The van der Waals surface area contributed by atoms with E-state index in [0.29, 0.717) is 18.1 Å². The first-order chi connectivity index (χ1) is 17.4. The van der Waals surface area contributed by atoms with Crippen molar-refractivity contribution in [3.8, 4) is 11.5 Å². The van der Waals surface area contributed by atoms with Gasteiger partial charge in [-0.05, 0) is 74.0 Å². The van der Waals surface area contributed by atoms with Gasteiger partial charge in [0, 0.05) is 11.1 Å². The van der Waals surface area contributed by atoms with E-state index in [1.807, 2.05) is 55.5 Å². The van der Waals surface area contributed by atoms with Crippen LogP contribution in [0.15, 0.2) is 82.8 Å². The summed E-state index contributed by atoms with van der Waals surface area (Å²) >= 11 is 0. The van der Waals surface area contributed by atoms with Crippen molar-refractivity contribution in [2.24, 2.45) is 5.10 Å². The zero-order valence-corrected chi connectivity index (χ0v) is 22.2. The Balaban J connectivity index is 1.75. The molecular formula is C29H36N2O4S. The second-order valence-corrected chi connectivity index (χ2v) is 10.4. The Bertz CT molecular complexity index is 1200. The second kappa shape index (κ2) is 13.7. The number of benzene rings is 3. The monoisotopic (exact) mass is 508 g/mol. The SMILES string of the molecule is CCCCCCCCOc1ccc(/C(=N/NS(=O)(=O)c2ccc(C)cc2)c2ccc(OC)cc2)cc1. The third-order valence-electron chi connectivity index (χ3n) is 5.87. The molecule has 0 amide bonds. The molecule has 36 heavy (non-hydrogen) atoms. The van der Waals surface area contributed by atoms with Gasteiger partial charge >= 0.3 is 0 Å². The van der Waals surface area contributed by atoms with E-state index in [0.717, 1.165) is 28.9 Å². The first kappa shape index (κ1) is 27.3. The number of rotatable bonds is 14. The molecule has 0 heterocycles. The number of aryl methyl sites for hydroxylation is 1. The molecule has 0 saturated heterocycles. The molecule has 7 heteroatoms. The number of methoxy groups -OCH3 is 1. The molecule has 0 atom stereocenters. The highest BCUT2D eigenvalue weighted by Gasteiger charge is 2.15. The lowest BCUT2D eigenvalue weighted by atomic mass is 10.0. The lowest BCUT2D eigenvalue weighted by Crippen LogP contribution is -2.21. The van der Waals surface area contributed by atoms with E-state index < -0.39 is 10.0 Å². The second-order valence-electron chi connectivity index (χ2n) is 8.74. The maximum Gasteiger partial charge on any atom is 0.276 e. The summed E-state index contributed by atoms with van der Waals surface area (Å²) in [6.45, 7) is 4.81. The molecule has 6 nitrogen and oxygen atoms in total. The molecule has 3 aromatic carbocycles. The van der Waals surface area contributed by atoms with Crippen LogP contribution in [0.25, 0.3) is 0 Å². The Labute approximate surface area is 215 Å². The highest BCUT2D eigenvalue weighted by atomic mass is 32.2. The molecule has 192 valence electrons. The topological polar surface area (TPSA) is 77.0 Å². The van der Waals surface area contributed by atoms with Crippen molar-refractivity contribution >= 4 is 15.7 Å². The fourth-order valence-corrected chi connectivity index (χ4v) is 4.51. The molecular weight excluding hydrogens is 472 g/mol. The number of hydrogen-bond donors (Lipinski definition) is 1. The van der Waals surface area contributed by atoms with Gasteiger partial charge in [-0.2, -0.15) is 18.4 Å². The predicted molar refractivity (Wildman–Crippen MR) is 145 cm³/mol. The van der Waals surface area contributed by atoms with Gasteiger partial charge in [-0.3, -0.25) is 0 Å². The van der Waals surface area contributed by atoms with E-state index in [9.17, 15) is 8.42 Å². The number of unbranched alkanes of at least 4 members (excludes halogenated alkanes) is 5. The Hall–Kier alpha value is -3.32. The van der Waals surface area contributed by atoms with Crippen molar-refractivity contribution in [3.05, 3.63) is 89.5 Å². The van der Waals surface area contributed by atoms with Crippen molar-refractivity contribution < 1.29 is 17.9 Å². The lowest BCUT2D eigenvalue weighted by molar-refractivity contribution is 0.304. The fraction of sp³-hybridized carbons (Fsp3) is 0.345. The molecule has 0 spiro atoms. The van der Waals surface area contributed by atoms with Crippen LogP contribution in [-0.4, -0.2) is 27.8 Å². The number of hydrazone groups is 1. The van der Waals surface area contributed by atoms with Crippen LogP contribution in [0.2, 0.25) is 0 Å². The number of nitrogens with zero attached hydrogens (tertiary/aromatic N) is 1. The molecule has 0 aliphatic heterocycles. The summed E-state index contributed by atoms with van der Waals surface area (Å²) in [4.78, 5) is 2.55. The maximum atomic E-state index is 12.8. The molecule has 0 aliphatic rings. The summed E-state index contributed by atoms with van der Waals surface area (Å²) in [7, 11) is -2.22. The van der Waals surface area contributed by atoms with E-state index in [1.54, 1.807) is 31.4 Å². The average Bonchev–Trinajstić information content (AvgIpc) is 2.89. The molecule has 1 N–H and O–H groups in total. The molecule has 0 fully saturated rings. The summed E-state index contributed by atoms with van der Waals surface area (Å²) in [6.07, 6.45) is 7.28. The maximum absolute atomic E-state index is 12.8. The van der Waals surface area contributed by atoms with Gasteiger partial charge in [-0.25, -0.2) is 0 Å². The van der Waals surface area contributed by atoms with Crippen LogP contribution in [0.1, 0.15) is 62.1 Å². The molecule has 0 aromatic heterocycles. The first-order valence-corrected chi connectivity index (χ1v) is 13.9. The minimum Gasteiger partial charge on any atom is -0.497 e. The number of sulfonamides is 1. The number of nitrogens with one attached hydrogen (secondary N) is 1. The van der Waals surface area contributed by atoms with Gasteiger partial charge in [0.05, 0.1) is 24.3 Å². The van der Waals surface area contributed by atoms with E-state index in [2.05, 4.69) is 16.9 Å². The van der Waals surface area contributed by atoms with Crippen molar-refractivity contribution in [3.63, 3.8) is 0 Å². The summed E-state index contributed by atoms with van der Waals surface area (Å²) < 4.78 is 36.8. The van der Waals surface area contributed by atoms with E-state index in [-0.39, 0.29) is 4.90 Å². The van der Waals surface area contributed by atoms with Gasteiger partial charge < -0.3 is 9.47 Å². The minimum absolute atomic E-state index is 0.157. The minimum atomic E-state index is -3.82. The zero-order valence-electron chi connectivity index (χ0n) is 21.4. The van der Waals surface area contributed by atoms with Gasteiger partial charge in [-0.15, -0.1) is 0 Å². The van der Waals surface area contributed by atoms with Crippen LogP contribution >= 0.6 is 0 Å². The molecule has 0 bridgehead atoms. The highest BCUT2D eigenvalue weighted by molar-refractivity contribution is 7.89. The van der Waals surface area contributed by atoms with Crippen LogP contribution in [0.4, 0.5) is 0 Å². The molecule has 0 aliphatic carbocycles. The van der Waals surface area contributed by atoms with E-state index in [4.69, 9.17) is 9.47 Å². The normalized spacial score (nSPS) is 11.8. The smallest absolute Gasteiger partial charge is 0.276 e. The summed E-state index contributed by atoms with van der Waals surface area (Å²) in [5.41, 5.74) is 2.99. The van der Waals surface area contributed by atoms with Crippen LogP contribution < -0.4 is 14.3 Å². The number of ether oxygens (including phenoxy) is 2. The fourth-order valence-electron chi connectivity index (χ4n) is 3.70. The van der Waals surface area contributed by atoms with Gasteiger partial charge in [0.1, 0.15) is 11.5 Å². The van der Waals surface area contributed by atoms with Crippen LogP contribution in [0.5, 0.6) is 11.5 Å². The lowest BCUT2D eigenvalue weighted by Gasteiger charge is -2.11. The first-order valence-electron chi connectivity index (χ1n) is 12.5. The Morgan fingerprint density at radius 3 is 1.92 bits per heavy atom. The van der Waals surface area contributed by atoms with E-state index >= 15 is 0 Å². The Morgan fingerprint density at radius 2 is 1.33 bits per heavy atom. The molecule has 0 unspecified atom stereocenters. The quantitative estimate of drug-likeness (QED) is 0.154. The van der Waals surface area contributed by atoms with Crippen molar-refractivity contribution in [2.45, 2.75) is 57.3 Å². The average molecular weight is 509 g/mol. The summed E-state index contributed by atoms with van der Waals surface area (Å²) in [6, 6.07) is 21.5. The van der Waals surface area contributed by atoms with Crippen LogP contribution in [0, 0.1) is 6.92 Å². The summed E-state index contributed by atoms with van der Waals surface area (Å²) in [5.74, 6) is 1.48. The highest BCUT2D eigenvalue weighted by Crippen LogP contribution is 2.20. The van der Waals surface area contributed by atoms with E-state index in [1.165, 1.54) is 32.1 Å². The Kier molecular flexibility index (Phi) is 10.4. The zero-order chi connectivity index (χ0) is 25.8. The molecule has 0 saturated carbocycles. The van der Waals surface area contributed by atoms with Crippen molar-refractivity contribution in [1.82, 2.24) is 4.83 Å². The molecule has 3 rings (SSSR count). The third-order valence-corrected chi connectivity index (χ3v) is 7.09. The third kappa shape index (κ3) is 8.12. The van der Waals surface area contributed by atoms with Crippen LogP contribution in [0.3, 0.4) is 0 Å². The summed E-state index contributed by atoms with van der Waals surface area (Å²) in [5, 5.41) is 4.33. The largest absolute Gasteiger partial charge is 0.497 e. The van der Waals surface area contributed by atoms with Crippen LogP contribution in [-0.2, 0) is 10.0 Å². The van der Waals surface area contributed by atoms with Gasteiger partial charge in [0.2, 0.25) is 0 Å². The number of hydrogen-bond acceptors (Lipinski definition) is 5. The predicted octanol–water partition coefficient (Wildman–Crippen LogP) is 6.47. The molecule has 0 radical (unpaired) electrons. The van der Waals surface area contributed by atoms with Gasteiger partial charge in [0.15, 0.2) is 0 Å². The van der Waals surface area contributed by atoms with Crippen molar-refractivity contribution in [1.29, 1.82) is 0 Å². The Morgan fingerprint density at radius 1 is 0.778 bits per heavy atom.